The standard InChI is InChI=1S/C9H16N4.ClH/c1-9(2,3)7-5-6(8(10)11)13(4)12-7;/h5H,1-4H3,(H3,10,11);1H. The second-order valence-corrected chi connectivity index (χ2v) is 4.20. The molecule has 0 radical (unpaired) electrons. The van der Waals surface area contributed by atoms with E-state index in [1.807, 2.05) is 6.07 Å². The number of halogens is 1. The second-order valence-electron chi connectivity index (χ2n) is 4.20. The Morgan fingerprint density at radius 1 is 1.50 bits per heavy atom. The summed E-state index contributed by atoms with van der Waals surface area (Å²) in [6.45, 7) is 6.25. The van der Waals surface area contributed by atoms with E-state index in [9.17, 15) is 0 Å². The van der Waals surface area contributed by atoms with Crippen molar-refractivity contribution in [3.05, 3.63) is 17.5 Å². The Bertz CT molecular complexity index is 335. The van der Waals surface area contributed by atoms with E-state index in [2.05, 4.69) is 25.9 Å². The molecule has 1 aromatic rings. The molecule has 4 nitrogen and oxygen atoms in total. The van der Waals surface area contributed by atoms with E-state index in [0.717, 1.165) is 5.69 Å². The van der Waals surface area contributed by atoms with Crippen molar-refractivity contribution in [2.75, 3.05) is 0 Å². The highest BCUT2D eigenvalue weighted by Gasteiger charge is 2.19. The topological polar surface area (TPSA) is 67.7 Å². The number of amidine groups is 1. The minimum absolute atomic E-state index is 0. The van der Waals surface area contributed by atoms with Gasteiger partial charge in [0.2, 0.25) is 0 Å². The van der Waals surface area contributed by atoms with Gasteiger partial charge in [-0.15, -0.1) is 12.4 Å². The Morgan fingerprint density at radius 3 is 2.21 bits per heavy atom. The smallest absolute Gasteiger partial charge is 0.141 e. The van der Waals surface area contributed by atoms with E-state index in [1.165, 1.54) is 0 Å². The van der Waals surface area contributed by atoms with Gasteiger partial charge >= 0.3 is 0 Å². The zero-order chi connectivity index (χ0) is 10.2. The van der Waals surface area contributed by atoms with Crippen LogP contribution in [0.1, 0.15) is 32.2 Å². The number of nitrogens with zero attached hydrogens (tertiary/aromatic N) is 2. The van der Waals surface area contributed by atoms with Crippen molar-refractivity contribution in [2.24, 2.45) is 12.8 Å². The molecule has 1 heterocycles. The summed E-state index contributed by atoms with van der Waals surface area (Å²) in [5, 5.41) is 11.6. The molecule has 1 rings (SSSR count). The third kappa shape index (κ3) is 2.48. The number of hydrogen-bond acceptors (Lipinski definition) is 2. The van der Waals surface area contributed by atoms with Crippen molar-refractivity contribution >= 4 is 18.2 Å². The van der Waals surface area contributed by atoms with Gasteiger partial charge in [0.15, 0.2) is 0 Å². The molecular weight excluding hydrogens is 200 g/mol. The predicted octanol–water partition coefficient (Wildman–Crippen LogP) is 1.42. The number of nitrogen functional groups attached to an aromatic ring is 1. The van der Waals surface area contributed by atoms with Crippen molar-refractivity contribution in [3.63, 3.8) is 0 Å². The molecule has 0 aliphatic carbocycles. The van der Waals surface area contributed by atoms with Gasteiger partial charge < -0.3 is 5.73 Å². The minimum Gasteiger partial charge on any atom is -0.382 e. The number of aromatic nitrogens is 2. The van der Waals surface area contributed by atoms with Gasteiger partial charge in [0.1, 0.15) is 11.5 Å². The van der Waals surface area contributed by atoms with Crippen LogP contribution in [0.4, 0.5) is 0 Å². The summed E-state index contributed by atoms with van der Waals surface area (Å²) in [4.78, 5) is 0. The molecule has 0 bridgehead atoms. The molecule has 80 valence electrons. The Labute approximate surface area is 90.4 Å². The Balaban J connectivity index is 0.00000169. The number of nitrogens with one attached hydrogen (secondary N) is 1. The van der Waals surface area contributed by atoms with Crippen molar-refractivity contribution in [2.45, 2.75) is 26.2 Å². The Kier molecular flexibility index (Phi) is 3.71. The highest BCUT2D eigenvalue weighted by atomic mass is 35.5. The maximum Gasteiger partial charge on any atom is 0.141 e. The Morgan fingerprint density at radius 2 is 2.00 bits per heavy atom. The quantitative estimate of drug-likeness (QED) is 0.551. The van der Waals surface area contributed by atoms with E-state index in [4.69, 9.17) is 11.1 Å². The summed E-state index contributed by atoms with van der Waals surface area (Å²) in [5.74, 6) is 0.0606. The van der Waals surface area contributed by atoms with Gasteiger partial charge in [0.05, 0.1) is 5.69 Å². The van der Waals surface area contributed by atoms with Crippen LogP contribution in [-0.2, 0) is 12.5 Å². The zero-order valence-electron chi connectivity index (χ0n) is 8.96. The van der Waals surface area contributed by atoms with E-state index in [0.29, 0.717) is 5.69 Å². The molecule has 1 aromatic heterocycles. The van der Waals surface area contributed by atoms with E-state index in [1.54, 1.807) is 11.7 Å². The lowest BCUT2D eigenvalue weighted by molar-refractivity contribution is 0.553. The average Bonchev–Trinajstić information content (AvgIpc) is 2.29. The molecule has 0 amide bonds. The van der Waals surface area contributed by atoms with Gasteiger partial charge in [0.25, 0.3) is 0 Å². The largest absolute Gasteiger partial charge is 0.382 e. The van der Waals surface area contributed by atoms with Gasteiger partial charge in [-0.3, -0.25) is 10.1 Å². The van der Waals surface area contributed by atoms with Crippen LogP contribution in [0.5, 0.6) is 0 Å². The molecule has 0 aliphatic rings. The summed E-state index contributed by atoms with van der Waals surface area (Å²) in [5.41, 5.74) is 7.03. The number of aryl methyl sites for hydroxylation is 1. The summed E-state index contributed by atoms with van der Waals surface area (Å²) >= 11 is 0. The van der Waals surface area contributed by atoms with E-state index >= 15 is 0 Å². The van der Waals surface area contributed by atoms with Crippen LogP contribution in [0.2, 0.25) is 0 Å². The van der Waals surface area contributed by atoms with Crippen molar-refractivity contribution in [3.8, 4) is 0 Å². The molecule has 5 heteroatoms. The van der Waals surface area contributed by atoms with Crippen molar-refractivity contribution < 1.29 is 0 Å². The fraction of sp³-hybridized carbons (Fsp3) is 0.556. The number of rotatable bonds is 1. The zero-order valence-corrected chi connectivity index (χ0v) is 9.77. The predicted molar refractivity (Wildman–Crippen MR) is 60.2 cm³/mol. The van der Waals surface area contributed by atoms with Gasteiger partial charge in [-0.05, 0) is 6.07 Å². The van der Waals surface area contributed by atoms with Crippen LogP contribution in [0.25, 0.3) is 0 Å². The first-order valence-corrected chi connectivity index (χ1v) is 4.21. The van der Waals surface area contributed by atoms with Crippen LogP contribution >= 0.6 is 12.4 Å². The molecule has 0 saturated carbocycles. The highest BCUT2D eigenvalue weighted by molar-refractivity contribution is 5.93. The number of hydrogen-bond donors (Lipinski definition) is 2. The first kappa shape index (κ1) is 13.0. The van der Waals surface area contributed by atoms with Gasteiger partial charge in [-0.2, -0.15) is 5.10 Å². The van der Waals surface area contributed by atoms with Crippen LogP contribution in [0, 0.1) is 5.41 Å². The third-order valence-corrected chi connectivity index (χ3v) is 1.92. The molecule has 0 fully saturated rings. The molecule has 14 heavy (non-hydrogen) atoms. The average molecular weight is 217 g/mol. The first-order valence-electron chi connectivity index (χ1n) is 4.21. The molecule has 0 aliphatic heterocycles. The van der Waals surface area contributed by atoms with Gasteiger partial charge in [-0.25, -0.2) is 0 Å². The lowest BCUT2D eigenvalue weighted by Crippen LogP contribution is -2.15. The summed E-state index contributed by atoms with van der Waals surface area (Å²) in [6.07, 6.45) is 0. The highest BCUT2D eigenvalue weighted by Crippen LogP contribution is 2.20. The monoisotopic (exact) mass is 216 g/mol. The summed E-state index contributed by atoms with van der Waals surface area (Å²) < 4.78 is 1.64. The molecule has 3 N–H and O–H groups in total. The van der Waals surface area contributed by atoms with Crippen molar-refractivity contribution in [1.29, 1.82) is 5.41 Å². The number of nitrogens with two attached hydrogens (primary N) is 1. The molecule has 0 spiro atoms. The normalized spacial score (nSPS) is 10.9. The maximum absolute atomic E-state index is 7.31. The summed E-state index contributed by atoms with van der Waals surface area (Å²) in [7, 11) is 1.80. The van der Waals surface area contributed by atoms with Gasteiger partial charge in [-0.1, -0.05) is 20.8 Å². The molecular formula is C9H17ClN4. The van der Waals surface area contributed by atoms with E-state index in [-0.39, 0.29) is 23.7 Å². The van der Waals surface area contributed by atoms with Crippen LogP contribution in [0.15, 0.2) is 6.07 Å². The fourth-order valence-electron chi connectivity index (χ4n) is 1.09. The van der Waals surface area contributed by atoms with Crippen molar-refractivity contribution in [1.82, 2.24) is 9.78 Å². The molecule has 0 aromatic carbocycles. The first-order chi connectivity index (χ1) is 5.82. The minimum atomic E-state index is 0. The third-order valence-electron chi connectivity index (χ3n) is 1.92. The molecule has 0 saturated heterocycles. The maximum atomic E-state index is 7.31. The van der Waals surface area contributed by atoms with E-state index < -0.39 is 0 Å². The second kappa shape index (κ2) is 4.00. The summed E-state index contributed by atoms with van der Waals surface area (Å²) in [6, 6.07) is 1.86. The lowest BCUT2D eigenvalue weighted by Gasteiger charge is -2.13. The lowest BCUT2D eigenvalue weighted by atomic mass is 9.92. The van der Waals surface area contributed by atoms with Crippen LogP contribution in [0.3, 0.4) is 0 Å². The van der Waals surface area contributed by atoms with Crippen LogP contribution < -0.4 is 5.73 Å². The molecule has 0 atom stereocenters. The molecule has 0 unspecified atom stereocenters. The van der Waals surface area contributed by atoms with Gasteiger partial charge in [0, 0.05) is 12.5 Å². The Hall–Kier alpha value is -1.03. The fourth-order valence-corrected chi connectivity index (χ4v) is 1.09. The SMILES string of the molecule is Cl.Cn1nc(C(C)(C)C)cc1C(=N)N. The van der Waals surface area contributed by atoms with Crippen LogP contribution in [-0.4, -0.2) is 15.6 Å².